The molecule has 59 heavy (non-hydrogen) atoms. The Morgan fingerprint density at radius 1 is 0.814 bits per heavy atom. The number of Topliss-reactive ketones (excluding diaryl/α,β-unsaturated/α-hetero) is 1. The molecule has 1 unspecified atom stereocenters. The van der Waals surface area contributed by atoms with Crippen LogP contribution in [-0.2, 0) is 28.5 Å². The third-order valence-electron chi connectivity index (χ3n) is 13.6. The average Bonchev–Trinajstić information content (AvgIpc) is 4.23. The number of aryl methyl sites for hydroxylation is 2. The largest absolute Gasteiger partial charge is 0.493 e. The number of nitrogens with zero attached hydrogens (tertiary/aromatic N) is 1. The highest BCUT2D eigenvalue weighted by molar-refractivity contribution is 5.88. The van der Waals surface area contributed by atoms with Crippen LogP contribution in [0.5, 0.6) is 11.5 Å². The zero-order valence-electron chi connectivity index (χ0n) is 35.1. The molecule has 8 rings (SSSR count). The molecule has 2 saturated carbocycles. The lowest BCUT2D eigenvalue weighted by atomic mass is 9.68. The number of hydrogen-bond donors (Lipinski definition) is 1. The predicted octanol–water partition coefficient (Wildman–Crippen LogP) is 11.8. The fraction of sp³-hybridized carbons (Fsp3) is 0.434. The molecule has 2 fully saturated rings. The molecule has 0 bridgehead atoms. The molecule has 3 aliphatic carbocycles. The Labute approximate surface area is 350 Å². The van der Waals surface area contributed by atoms with Gasteiger partial charge < -0.3 is 14.8 Å². The molecule has 5 aromatic rings. The smallest absolute Gasteiger partial charge is 0.161 e. The maximum atomic E-state index is 13.5. The topological polar surface area (TPSA) is 60.5 Å². The second-order valence-electron chi connectivity index (χ2n) is 17.6. The van der Waals surface area contributed by atoms with Crippen LogP contribution in [0.2, 0.25) is 0 Å². The zero-order valence-corrected chi connectivity index (χ0v) is 35.1. The number of carbonyl (C=O) groups is 1. The maximum absolute atomic E-state index is 13.5. The molecule has 308 valence electrons. The van der Waals surface area contributed by atoms with Gasteiger partial charge in [0.1, 0.15) is 11.6 Å². The molecule has 5 nitrogen and oxygen atoms in total. The Balaban J connectivity index is 1.09. The summed E-state index contributed by atoms with van der Waals surface area (Å²) in [6.45, 7) is 0.917. The summed E-state index contributed by atoms with van der Waals surface area (Å²) < 4.78 is 25.2. The third-order valence-corrected chi connectivity index (χ3v) is 13.6. The first-order valence-corrected chi connectivity index (χ1v) is 22.2. The Morgan fingerprint density at radius 3 is 2.07 bits per heavy atom. The van der Waals surface area contributed by atoms with Gasteiger partial charge in [0.25, 0.3) is 0 Å². The third kappa shape index (κ3) is 9.65. The van der Waals surface area contributed by atoms with Crippen LogP contribution in [0.3, 0.4) is 0 Å². The second kappa shape index (κ2) is 18.6. The SMILES string of the molecule is COc1cc2cc(C3(CNC(C4CC4)C4CC4)C=CCCC3)nc(CCCC(CCCC(=O)CCc3ccc(F)cc3)(c3ccccc3)c3ccccc3)c2cc1OC. The van der Waals surface area contributed by atoms with Crippen molar-refractivity contribution < 1.29 is 18.7 Å². The minimum atomic E-state index is -0.286. The van der Waals surface area contributed by atoms with Gasteiger partial charge in [-0.3, -0.25) is 9.78 Å². The van der Waals surface area contributed by atoms with E-state index >= 15 is 0 Å². The van der Waals surface area contributed by atoms with Crippen molar-refractivity contribution in [3.63, 3.8) is 0 Å². The summed E-state index contributed by atoms with van der Waals surface area (Å²) in [5, 5.41) is 6.38. The van der Waals surface area contributed by atoms with E-state index in [1.54, 1.807) is 26.4 Å². The molecule has 0 spiro atoms. The molecular formula is C53H61FN2O3. The summed E-state index contributed by atoms with van der Waals surface area (Å²) in [6.07, 6.45) is 19.5. The molecule has 0 radical (unpaired) electrons. The fourth-order valence-corrected chi connectivity index (χ4v) is 9.99. The molecule has 0 aliphatic heterocycles. The summed E-state index contributed by atoms with van der Waals surface area (Å²) in [6, 6.07) is 35.5. The molecule has 1 atom stereocenters. The number of nitrogens with one attached hydrogen (secondary N) is 1. The highest BCUT2D eigenvalue weighted by Gasteiger charge is 2.43. The Morgan fingerprint density at radius 2 is 1.46 bits per heavy atom. The number of ether oxygens (including phenoxy) is 2. The van der Waals surface area contributed by atoms with Crippen LogP contribution in [0.1, 0.15) is 112 Å². The first-order valence-electron chi connectivity index (χ1n) is 22.2. The van der Waals surface area contributed by atoms with Gasteiger partial charge in [-0.25, -0.2) is 4.39 Å². The summed E-state index contributed by atoms with van der Waals surface area (Å²) in [5.41, 5.74) is 5.35. The van der Waals surface area contributed by atoms with E-state index in [0.717, 1.165) is 103 Å². The van der Waals surface area contributed by atoms with Crippen molar-refractivity contribution in [1.29, 1.82) is 0 Å². The summed E-state index contributed by atoms with van der Waals surface area (Å²) in [7, 11) is 3.42. The fourth-order valence-electron chi connectivity index (χ4n) is 9.99. The highest BCUT2D eigenvalue weighted by Crippen LogP contribution is 2.46. The van der Waals surface area contributed by atoms with Crippen molar-refractivity contribution in [2.75, 3.05) is 20.8 Å². The number of carbonyl (C=O) groups excluding carboxylic acids is 1. The molecule has 6 heteroatoms. The number of aromatic nitrogens is 1. The number of rotatable bonds is 21. The lowest BCUT2D eigenvalue weighted by molar-refractivity contribution is -0.119. The van der Waals surface area contributed by atoms with Gasteiger partial charge in [-0.2, -0.15) is 0 Å². The quantitative estimate of drug-likeness (QED) is 0.0750. The molecular weight excluding hydrogens is 732 g/mol. The molecule has 1 aromatic heterocycles. The lowest BCUT2D eigenvalue weighted by Crippen LogP contribution is -2.44. The highest BCUT2D eigenvalue weighted by atomic mass is 19.1. The lowest BCUT2D eigenvalue weighted by Gasteiger charge is -2.36. The van der Waals surface area contributed by atoms with Crippen molar-refractivity contribution >= 4 is 16.6 Å². The van der Waals surface area contributed by atoms with Gasteiger partial charge in [-0.05, 0) is 148 Å². The molecule has 4 aromatic carbocycles. The molecule has 1 heterocycles. The number of hydrogen-bond acceptors (Lipinski definition) is 5. The van der Waals surface area contributed by atoms with Crippen molar-refractivity contribution in [2.45, 2.75) is 113 Å². The first-order chi connectivity index (χ1) is 28.9. The van der Waals surface area contributed by atoms with Gasteiger partial charge in [0.15, 0.2) is 11.5 Å². The van der Waals surface area contributed by atoms with Crippen LogP contribution in [-0.4, -0.2) is 37.6 Å². The van der Waals surface area contributed by atoms with Crippen LogP contribution in [0.4, 0.5) is 4.39 Å². The molecule has 0 saturated heterocycles. The Kier molecular flexibility index (Phi) is 12.9. The number of ketones is 1. The van der Waals surface area contributed by atoms with Crippen LogP contribution < -0.4 is 14.8 Å². The summed E-state index contributed by atoms with van der Waals surface area (Å²) >= 11 is 0. The van der Waals surface area contributed by atoms with Crippen LogP contribution in [0.15, 0.2) is 115 Å². The van der Waals surface area contributed by atoms with Gasteiger partial charge in [0.2, 0.25) is 0 Å². The van der Waals surface area contributed by atoms with Gasteiger partial charge in [0, 0.05) is 47.3 Å². The van der Waals surface area contributed by atoms with Crippen LogP contribution >= 0.6 is 0 Å². The predicted molar refractivity (Wildman–Crippen MR) is 237 cm³/mol. The van der Waals surface area contributed by atoms with E-state index in [9.17, 15) is 9.18 Å². The normalized spacial score (nSPS) is 18.0. The van der Waals surface area contributed by atoms with Gasteiger partial charge >= 0.3 is 0 Å². The number of halogens is 1. The zero-order chi connectivity index (χ0) is 40.7. The number of benzene rings is 4. The van der Waals surface area contributed by atoms with Crippen molar-refractivity contribution in [3.8, 4) is 11.5 Å². The summed E-state index contributed by atoms with van der Waals surface area (Å²) in [4.78, 5) is 19.0. The number of allylic oxidation sites excluding steroid dienone is 1. The van der Waals surface area contributed by atoms with Gasteiger partial charge in [-0.1, -0.05) is 84.9 Å². The molecule has 1 N–H and O–H groups in total. The standard InChI is InChI=1S/C53H61FN2O3/c1-58-48-34-41-35-50(52(30-10-5-11-31-52)37-55-51(39-23-24-39)40-25-26-40)56-47(46(41)36-49(48)59-2)19-13-33-53(42-14-6-3-7-15-42,43-16-8-4-9-17-43)32-12-18-45(57)29-22-38-20-27-44(54)28-21-38/h3-4,6-10,14-17,20-21,27-28,30,34-36,39-40,51,55H,5,11-13,18-19,22-26,29,31-33,37H2,1-2H3. The van der Waals surface area contributed by atoms with E-state index < -0.39 is 0 Å². The van der Waals surface area contributed by atoms with E-state index in [-0.39, 0.29) is 22.4 Å². The first kappa shape index (κ1) is 40.9. The van der Waals surface area contributed by atoms with Crippen LogP contribution in [0.25, 0.3) is 10.8 Å². The van der Waals surface area contributed by atoms with Crippen LogP contribution in [0, 0.1) is 17.7 Å². The summed E-state index contributed by atoms with van der Waals surface area (Å²) in [5.74, 6) is 3.11. The number of pyridine rings is 1. The van der Waals surface area contributed by atoms with E-state index in [1.807, 2.05) is 0 Å². The minimum Gasteiger partial charge on any atom is -0.493 e. The minimum absolute atomic E-state index is 0.169. The maximum Gasteiger partial charge on any atom is 0.161 e. The van der Waals surface area contributed by atoms with E-state index in [2.05, 4.69) is 96.3 Å². The Bertz CT molecular complexity index is 2140. The monoisotopic (exact) mass is 792 g/mol. The van der Waals surface area contributed by atoms with E-state index in [4.69, 9.17) is 14.5 Å². The average molecular weight is 793 g/mol. The van der Waals surface area contributed by atoms with E-state index in [1.165, 1.54) is 48.9 Å². The Hall–Kier alpha value is -4.81. The molecule has 0 amide bonds. The van der Waals surface area contributed by atoms with Crippen molar-refractivity contribution in [2.24, 2.45) is 11.8 Å². The van der Waals surface area contributed by atoms with Crippen molar-refractivity contribution in [3.05, 3.63) is 149 Å². The van der Waals surface area contributed by atoms with E-state index in [0.29, 0.717) is 31.1 Å². The van der Waals surface area contributed by atoms with Crippen molar-refractivity contribution in [1.82, 2.24) is 10.3 Å². The second-order valence-corrected chi connectivity index (χ2v) is 17.6. The number of methoxy groups -OCH3 is 2. The molecule has 3 aliphatic rings. The van der Waals surface area contributed by atoms with Gasteiger partial charge in [-0.15, -0.1) is 0 Å². The van der Waals surface area contributed by atoms with Gasteiger partial charge in [0.05, 0.1) is 19.9 Å². The number of fused-ring (bicyclic) bond motifs is 1.